The highest BCUT2D eigenvalue weighted by Crippen LogP contribution is 2.42. The summed E-state index contributed by atoms with van der Waals surface area (Å²) in [6.07, 6.45) is 9.96. The van der Waals surface area contributed by atoms with Crippen LogP contribution in [0.4, 0.5) is 0 Å². The van der Waals surface area contributed by atoms with E-state index in [1.165, 1.54) is 51.5 Å². The average molecular weight is 267 g/mol. The first-order valence-corrected chi connectivity index (χ1v) is 8.29. The van der Waals surface area contributed by atoms with E-state index in [-0.39, 0.29) is 5.60 Å². The predicted octanol–water partition coefficient (Wildman–Crippen LogP) is 4.14. The number of rotatable bonds is 6. The van der Waals surface area contributed by atoms with Crippen LogP contribution in [0.1, 0.15) is 72.6 Å². The lowest BCUT2D eigenvalue weighted by Crippen LogP contribution is -2.37. The molecule has 1 heterocycles. The highest BCUT2D eigenvalue weighted by molar-refractivity contribution is 4.88. The minimum Gasteiger partial charge on any atom is -0.371 e. The molecule has 1 saturated heterocycles. The van der Waals surface area contributed by atoms with E-state index in [1.807, 2.05) is 0 Å². The molecule has 0 amide bonds. The number of ether oxygens (including phenoxy) is 1. The highest BCUT2D eigenvalue weighted by atomic mass is 16.5. The Morgan fingerprint density at radius 2 is 1.84 bits per heavy atom. The van der Waals surface area contributed by atoms with Gasteiger partial charge in [-0.15, -0.1) is 0 Å². The van der Waals surface area contributed by atoms with Crippen molar-refractivity contribution in [1.82, 2.24) is 5.32 Å². The summed E-state index contributed by atoms with van der Waals surface area (Å²) in [6.45, 7) is 11.4. The van der Waals surface area contributed by atoms with Crippen LogP contribution in [0.3, 0.4) is 0 Å². The zero-order chi connectivity index (χ0) is 13.9. The normalized spacial score (nSPS) is 29.2. The van der Waals surface area contributed by atoms with Crippen molar-refractivity contribution in [2.45, 2.75) is 84.3 Å². The first-order chi connectivity index (χ1) is 8.91. The molecule has 0 aromatic heterocycles. The van der Waals surface area contributed by atoms with Gasteiger partial charge in [-0.1, -0.05) is 26.7 Å². The van der Waals surface area contributed by atoms with Gasteiger partial charge in [-0.3, -0.25) is 0 Å². The van der Waals surface area contributed by atoms with Gasteiger partial charge in [0.15, 0.2) is 0 Å². The van der Waals surface area contributed by atoms with Crippen LogP contribution >= 0.6 is 0 Å². The maximum absolute atomic E-state index is 6.07. The van der Waals surface area contributed by atoms with Crippen molar-refractivity contribution in [2.75, 3.05) is 13.1 Å². The van der Waals surface area contributed by atoms with Gasteiger partial charge in [0, 0.05) is 13.1 Å². The minimum atomic E-state index is 0.106. The van der Waals surface area contributed by atoms with E-state index in [1.54, 1.807) is 0 Å². The maximum atomic E-state index is 6.07. The topological polar surface area (TPSA) is 21.3 Å². The Balaban J connectivity index is 1.74. The molecule has 0 bridgehead atoms. The Bertz CT molecular complexity index is 279. The molecule has 1 saturated carbocycles. The predicted molar refractivity (Wildman–Crippen MR) is 81.4 cm³/mol. The zero-order valence-corrected chi connectivity index (χ0v) is 13.4. The van der Waals surface area contributed by atoms with Crippen molar-refractivity contribution in [3.63, 3.8) is 0 Å². The molecule has 2 rings (SSSR count). The summed E-state index contributed by atoms with van der Waals surface area (Å²) in [4.78, 5) is 0. The molecule has 2 nitrogen and oxygen atoms in total. The van der Waals surface area contributed by atoms with Gasteiger partial charge in [0.1, 0.15) is 0 Å². The highest BCUT2D eigenvalue weighted by Gasteiger charge is 2.35. The second kappa shape index (κ2) is 6.13. The van der Waals surface area contributed by atoms with Gasteiger partial charge in [0.05, 0.1) is 11.7 Å². The van der Waals surface area contributed by atoms with Gasteiger partial charge in [-0.2, -0.15) is 0 Å². The lowest BCUT2D eigenvalue weighted by molar-refractivity contribution is -0.0151. The van der Waals surface area contributed by atoms with E-state index < -0.39 is 0 Å². The minimum absolute atomic E-state index is 0.106. The molecule has 1 unspecified atom stereocenters. The lowest BCUT2D eigenvalue weighted by Gasteiger charge is -2.32. The van der Waals surface area contributed by atoms with Crippen molar-refractivity contribution in [3.05, 3.63) is 0 Å². The zero-order valence-electron chi connectivity index (χ0n) is 13.4. The fraction of sp³-hybridized carbons (Fsp3) is 1.00. The Hall–Kier alpha value is -0.0800. The van der Waals surface area contributed by atoms with E-state index in [9.17, 15) is 0 Å². The third-order valence-corrected chi connectivity index (χ3v) is 4.93. The van der Waals surface area contributed by atoms with Gasteiger partial charge in [0.25, 0.3) is 0 Å². The number of hydrogen-bond donors (Lipinski definition) is 1. The monoisotopic (exact) mass is 267 g/mol. The summed E-state index contributed by atoms with van der Waals surface area (Å²) < 4.78 is 6.07. The van der Waals surface area contributed by atoms with Crippen LogP contribution in [0.15, 0.2) is 0 Å². The molecule has 1 aliphatic heterocycles. The second-order valence-electron chi connectivity index (χ2n) is 7.97. The molecule has 2 fully saturated rings. The molecular formula is C17H33NO. The molecule has 19 heavy (non-hydrogen) atoms. The summed E-state index contributed by atoms with van der Waals surface area (Å²) in [7, 11) is 0. The number of hydrogen-bond acceptors (Lipinski definition) is 2. The fourth-order valence-corrected chi connectivity index (χ4v) is 4.16. The maximum Gasteiger partial charge on any atom is 0.0707 e. The standard InChI is InChI=1S/C17H33NO/c1-14(2)11-17(8-5-6-9-17)13-18-12-15-7-10-16(3,4)19-15/h14-15,18H,5-13H2,1-4H3. The first-order valence-electron chi connectivity index (χ1n) is 8.29. The van der Waals surface area contributed by atoms with Crippen molar-refractivity contribution in [1.29, 1.82) is 0 Å². The number of nitrogens with one attached hydrogen (secondary N) is 1. The molecule has 2 heteroatoms. The van der Waals surface area contributed by atoms with Crippen molar-refractivity contribution >= 4 is 0 Å². The van der Waals surface area contributed by atoms with E-state index in [0.29, 0.717) is 11.5 Å². The third kappa shape index (κ3) is 4.46. The molecule has 2 aliphatic rings. The smallest absolute Gasteiger partial charge is 0.0707 e. The molecule has 1 N–H and O–H groups in total. The van der Waals surface area contributed by atoms with Crippen LogP contribution in [0.5, 0.6) is 0 Å². The van der Waals surface area contributed by atoms with Crippen LogP contribution in [-0.4, -0.2) is 24.8 Å². The Labute approximate surface area is 119 Å². The summed E-state index contributed by atoms with van der Waals surface area (Å²) in [5.74, 6) is 0.821. The average Bonchev–Trinajstić information content (AvgIpc) is 2.85. The fourth-order valence-electron chi connectivity index (χ4n) is 4.16. The quantitative estimate of drug-likeness (QED) is 0.781. The molecule has 0 aromatic rings. The largest absolute Gasteiger partial charge is 0.371 e. The molecule has 112 valence electrons. The molecule has 1 atom stereocenters. The van der Waals surface area contributed by atoms with Gasteiger partial charge >= 0.3 is 0 Å². The Morgan fingerprint density at radius 1 is 1.16 bits per heavy atom. The van der Waals surface area contributed by atoms with Crippen LogP contribution in [0, 0.1) is 11.3 Å². The van der Waals surface area contributed by atoms with Crippen LogP contribution in [0.25, 0.3) is 0 Å². The van der Waals surface area contributed by atoms with Crippen LogP contribution < -0.4 is 5.32 Å². The second-order valence-corrected chi connectivity index (χ2v) is 7.97. The van der Waals surface area contributed by atoms with Gasteiger partial charge in [-0.05, 0) is 57.3 Å². The third-order valence-electron chi connectivity index (χ3n) is 4.93. The van der Waals surface area contributed by atoms with E-state index >= 15 is 0 Å². The van der Waals surface area contributed by atoms with Crippen molar-refractivity contribution in [3.8, 4) is 0 Å². The summed E-state index contributed by atoms with van der Waals surface area (Å²) in [6, 6.07) is 0. The van der Waals surface area contributed by atoms with Gasteiger partial charge < -0.3 is 10.1 Å². The van der Waals surface area contributed by atoms with Crippen molar-refractivity contribution < 1.29 is 4.74 Å². The summed E-state index contributed by atoms with van der Waals surface area (Å²) >= 11 is 0. The van der Waals surface area contributed by atoms with Gasteiger partial charge in [0.2, 0.25) is 0 Å². The molecule has 0 aromatic carbocycles. The summed E-state index contributed by atoms with van der Waals surface area (Å²) in [5.41, 5.74) is 0.692. The van der Waals surface area contributed by atoms with Crippen LogP contribution in [-0.2, 0) is 4.74 Å². The van der Waals surface area contributed by atoms with Crippen molar-refractivity contribution in [2.24, 2.45) is 11.3 Å². The van der Waals surface area contributed by atoms with Gasteiger partial charge in [-0.25, -0.2) is 0 Å². The molecular weight excluding hydrogens is 234 g/mol. The SMILES string of the molecule is CC(C)CC1(CNCC2CCC(C)(C)O2)CCCC1. The van der Waals surface area contributed by atoms with E-state index in [4.69, 9.17) is 4.74 Å². The molecule has 1 aliphatic carbocycles. The van der Waals surface area contributed by atoms with E-state index in [2.05, 4.69) is 33.0 Å². The molecule has 0 radical (unpaired) electrons. The van der Waals surface area contributed by atoms with E-state index in [0.717, 1.165) is 12.5 Å². The Morgan fingerprint density at radius 3 is 2.37 bits per heavy atom. The molecule has 0 spiro atoms. The van der Waals surface area contributed by atoms with Crippen LogP contribution in [0.2, 0.25) is 0 Å². The first kappa shape index (κ1) is 15.3. The summed E-state index contributed by atoms with van der Waals surface area (Å²) in [5, 5.41) is 3.73. The Kier molecular flexibility index (Phi) is 4.94. The lowest BCUT2D eigenvalue weighted by atomic mass is 9.78.